The average molecular weight is 270 g/mol. The zero-order chi connectivity index (χ0) is 14.4. The van der Waals surface area contributed by atoms with Crippen molar-refractivity contribution in [2.24, 2.45) is 0 Å². The van der Waals surface area contributed by atoms with Gasteiger partial charge in [0.05, 0.1) is 17.6 Å². The highest BCUT2D eigenvalue weighted by atomic mass is 15.6. The van der Waals surface area contributed by atoms with Crippen molar-refractivity contribution in [1.82, 2.24) is 9.80 Å². The molecule has 108 valence electrons. The Balaban J connectivity index is 1.82. The molecule has 2 heterocycles. The minimum atomic E-state index is 0.267. The van der Waals surface area contributed by atoms with Crippen molar-refractivity contribution in [2.75, 3.05) is 7.05 Å². The van der Waals surface area contributed by atoms with E-state index in [1.807, 2.05) is 0 Å². The second-order valence-electron chi connectivity index (χ2n) is 8.15. The summed E-state index contributed by atoms with van der Waals surface area (Å²) in [5.41, 5.74) is 3.73. The number of nitrogens with zero attached hydrogens (tertiary/aromatic N) is 2. The third-order valence-electron chi connectivity index (χ3n) is 5.71. The second kappa shape index (κ2) is 3.48. The van der Waals surface area contributed by atoms with Crippen LogP contribution in [0.5, 0.6) is 0 Å². The lowest BCUT2D eigenvalue weighted by Gasteiger charge is -2.30. The molecule has 0 radical (unpaired) electrons. The van der Waals surface area contributed by atoms with Gasteiger partial charge in [0, 0.05) is 11.6 Å². The van der Waals surface area contributed by atoms with Gasteiger partial charge < -0.3 is 0 Å². The SMILES string of the molecule is CC(C)c1ccccc1C12C3C(C1N2C(C)(C)C)N3C. The van der Waals surface area contributed by atoms with Crippen molar-refractivity contribution in [3.05, 3.63) is 35.4 Å². The Morgan fingerprint density at radius 2 is 1.75 bits per heavy atom. The Morgan fingerprint density at radius 1 is 1.10 bits per heavy atom. The van der Waals surface area contributed by atoms with Gasteiger partial charge >= 0.3 is 0 Å². The fourth-order valence-electron chi connectivity index (χ4n) is 5.06. The third kappa shape index (κ3) is 1.23. The Morgan fingerprint density at radius 3 is 2.35 bits per heavy atom. The van der Waals surface area contributed by atoms with Gasteiger partial charge in [-0.15, -0.1) is 0 Å². The molecule has 2 nitrogen and oxygen atoms in total. The molecular weight excluding hydrogens is 244 g/mol. The molecule has 20 heavy (non-hydrogen) atoms. The lowest BCUT2D eigenvalue weighted by Crippen LogP contribution is -2.38. The van der Waals surface area contributed by atoms with E-state index in [1.165, 1.54) is 0 Å². The molecule has 1 aliphatic carbocycles. The molecule has 6 atom stereocenters. The third-order valence-corrected chi connectivity index (χ3v) is 5.71. The maximum atomic E-state index is 2.77. The van der Waals surface area contributed by atoms with E-state index >= 15 is 0 Å². The van der Waals surface area contributed by atoms with E-state index in [2.05, 4.69) is 75.7 Å². The largest absolute Gasteiger partial charge is 0.293 e. The van der Waals surface area contributed by atoms with Crippen LogP contribution in [0, 0.1) is 0 Å². The van der Waals surface area contributed by atoms with E-state index in [4.69, 9.17) is 0 Å². The first-order valence-electron chi connectivity index (χ1n) is 7.93. The van der Waals surface area contributed by atoms with E-state index in [0.29, 0.717) is 11.5 Å². The molecule has 2 saturated heterocycles. The van der Waals surface area contributed by atoms with E-state index in [-0.39, 0.29) is 5.54 Å². The number of rotatable bonds is 2. The van der Waals surface area contributed by atoms with Crippen molar-refractivity contribution >= 4 is 0 Å². The maximum absolute atomic E-state index is 2.77. The van der Waals surface area contributed by atoms with E-state index in [1.54, 1.807) is 11.1 Å². The van der Waals surface area contributed by atoms with Crippen LogP contribution in [-0.2, 0) is 5.54 Å². The zero-order valence-corrected chi connectivity index (χ0v) is 13.5. The number of fused-ring (bicyclic) bond motifs is 4. The quantitative estimate of drug-likeness (QED) is 0.761. The van der Waals surface area contributed by atoms with Gasteiger partial charge in [0.1, 0.15) is 0 Å². The van der Waals surface area contributed by atoms with Crippen LogP contribution in [-0.4, -0.2) is 40.5 Å². The van der Waals surface area contributed by atoms with Crippen LogP contribution in [0.25, 0.3) is 0 Å². The molecule has 2 heteroatoms. The molecule has 4 rings (SSSR count). The molecule has 0 N–H and O–H groups in total. The van der Waals surface area contributed by atoms with Gasteiger partial charge in [0.2, 0.25) is 0 Å². The molecule has 0 spiro atoms. The lowest BCUT2D eigenvalue weighted by atomic mass is 9.76. The van der Waals surface area contributed by atoms with Crippen molar-refractivity contribution in [3.63, 3.8) is 0 Å². The second-order valence-corrected chi connectivity index (χ2v) is 8.15. The molecule has 6 unspecified atom stereocenters. The Kier molecular flexibility index (Phi) is 2.23. The molecule has 2 aliphatic heterocycles. The molecule has 1 aromatic rings. The predicted octanol–water partition coefficient (Wildman–Crippen LogP) is 3.18. The van der Waals surface area contributed by atoms with Crippen molar-refractivity contribution in [3.8, 4) is 0 Å². The standard InChI is InChI=1S/C18H26N2/c1-11(2)12-9-7-8-10-13(12)18-15-14(19(15)6)16(18)20(18)17(3,4)5/h7-11,14-16H,1-6H3. The molecule has 1 saturated carbocycles. The summed E-state index contributed by atoms with van der Waals surface area (Å²) in [6, 6.07) is 11.5. The highest BCUT2D eigenvalue weighted by Crippen LogP contribution is 2.76. The summed E-state index contributed by atoms with van der Waals surface area (Å²) in [6.07, 6.45) is 0. The normalized spacial score (nSPS) is 44.6. The van der Waals surface area contributed by atoms with E-state index < -0.39 is 0 Å². The van der Waals surface area contributed by atoms with Gasteiger partial charge in [0.25, 0.3) is 0 Å². The topological polar surface area (TPSA) is 6.02 Å². The minimum Gasteiger partial charge on any atom is -0.293 e. The fourth-order valence-corrected chi connectivity index (χ4v) is 5.06. The predicted molar refractivity (Wildman–Crippen MR) is 82.9 cm³/mol. The highest BCUT2D eigenvalue weighted by Gasteiger charge is 2.91. The first-order valence-corrected chi connectivity index (χ1v) is 7.93. The molecule has 0 amide bonds. The van der Waals surface area contributed by atoms with Gasteiger partial charge in [-0.25, -0.2) is 0 Å². The van der Waals surface area contributed by atoms with Gasteiger partial charge in [-0.3, -0.25) is 9.80 Å². The summed E-state index contributed by atoms with van der Waals surface area (Å²) in [6.45, 7) is 11.7. The summed E-state index contributed by atoms with van der Waals surface area (Å²) in [4.78, 5) is 5.35. The first-order chi connectivity index (χ1) is 9.33. The summed E-state index contributed by atoms with van der Waals surface area (Å²) < 4.78 is 0. The summed E-state index contributed by atoms with van der Waals surface area (Å²) >= 11 is 0. The van der Waals surface area contributed by atoms with Gasteiger partial charge in [-0.05, 0) is 44.9 Å². The number of likely N-dealkylation sites (tertiary alicyclic amines) is 2. The monoisotopic (exact) mass is 270 g/mol. The van der Waals surface area contributed by atoms with Crippen molar-refractivity contribution in [1.29, 1.82) is 0 Å². The number of likely N-dealkylation sites (N-methyl/N-ethyl adjacent to an activating group) is 1. The molecular formula is C18H26N2. The van der Waals surface area contributed by atoms with Gasteiger partial charge in [0.15, 0.2) is 0 Å². The van der Waals surface area contributed by atoms with Gasteiger partial charge in [-0.1, -0.05) is 38.1 Å². The van der Waals surface area contributed by atoms with Gasteiger partial charge in [-0.2, -0.15) is 0 Å². The number of benzene rings is 1. The number of hydrogen-bond donors (Lipinski definition) is 0. The molecule has 0 bridgehead atoms. The molecule has 1 aromatic carbocycles. The summed E-state index contributed by atoms with van der Waals surface area (Å²) in [7, 11) is 2.29. The average Bonchev–Trinajstić information content (AvgIpc) is 3.12. The smallest absolute Gasteiger partial charge is 0.0817 e. The lowest BCUT2D eigenvalue weighted by molar-refractivity contribution is 0.227. The molecule has 3 aliphatic rings. The highest BCUT2D eigenvalue weighted by molar-refractivity contribution is 5.57. The van der Waals surface area contributed by atoms with Crippen LogP contribution in [0.15, 0.2) is 24.3 Å². The maximum Gasteiger partial charge on any atom is 0.0817 e. The number of hydrogen-bond acceptors (Lipinski definition) is 2. The van der Waals surface area contributed by atoms with Crippen molar-refractivity contribution < 1.29 is 0 Å². The minimum absolute atomic E-state index is 0.267. The van der Waals surface area contributed by atoms with E-state index in [0.717, 1.165) is 18.1 Å². The van der Waals surface area contributed by atoms with Crippen LogP contribution in [0.1, 0.15) is 51.7 Å². The van der Waals surface area contributed by atoms with Crippen LogP contribution < -0.4 is 0 Å². The Hall–Kier alpha value is -0.860. The summed E-state index contributed by atoms with van der Waals surface area (Å²) in [5.74, 6) is 0.603. The van der Waals surface area contributed by atoms with Crippen molar-refractivity contribution in [2.45, 2.75) is 69.7 Å². The van der Waals surface area contributed by atoms with E-state index in [9.17, 15) is 0 Å². The first kappa shape index (κ1) is 12.8. The zero-order valence-electron chi connectivity index (χ0n) is 13.5. The number of piperazine rings is 1. The Bertz CT molecular complexity index is 571. The molecule has 3 fully saturated rings. The molecule has 0 aromatic heterocycles. The van der Waals surface area contributed by atoms with Crippen LogP contribution in [0.3, 0.4) is 0 Å². The van der Waals surface area contributed by atoms with Crippen LogP contribution in [0.2, 0.25) is 0 Å². The van der Waals surface area contributed by atoms with Crippen LogP contribution in [0.4, 0.5) is 0 Å². The summed E-state index contributed by atoms with van der Waals surface area (Å²) in [5, 5.41) is 0. The fraction of sp³-hybridized carbons (Fsp3) is 0.667. The Labute approximate surface area is 122 Å². The van der Waals surface area contributed by atoms with Crippen LogP contribution >= 0.6 is 0 Å².